The van der Waals surface area contributed by atoms with Crippen LogP contribution in [0.4, 0.5) is 5.95 Å². The summed E-state index contributed by atoms with van der Waals surface area (Å²) in [6.45, 7) is 0.576. The van der Waals surface area contributed by atoms with Crippen molar-refractivity contribution < 1.29 is 4.74 Å². The molecule has 0 spiro atoms. The largest absolute Gasteiger partial charge is 0.467 e. The second kappa shape index (κ2) is 5.01. The Morgan fingerprint density at radius 2 is 2.18 bits per heavy atom. The van der Waals surface area contributed by atoms with Crippen LogP contribution in [0.1, 0.15) is 12.8 Å². The summed E-state index contributed by atoms with van der Waals surface area (Å²) in [5.74, 6) is 1.13. The molecule has 0 radical (unpaired) electrons. The van der Waals surface area contributed by atoms with Crippen LogP contribution in [0.2, 0.25) is 5.28 Å². The van der Waals surface area contributed by atoms with Crippen molar-refractivity contribution in [1.29, 1.82) is 0 Å². The van der Waals surface area contributed by atoms with Crippen molar-refractivity contribution in [1.82, 2.24) is 15.0 Å². The molecule has 2 rings (SSSR count). The number of nitrogens with zero attached hydrogens (tertiary/aromatic N) is 4. The van der Waals surface area contributed by atoms with Crippen molar-refractivity contribution in [3.8, 4) is 6.01 Å². The minimum atomic E-state index is 0.130. The van der Waals surface area contributed by atoms with Crippen LogP contribution in [-0.2, 0) is 0 Å². The first kappa shape index (κ1) is 12.3. The molecule has 1 aromatic heterocycles. The average Bonchev–Trinajstić information content (AvgIpc) is 3.13. The number of halogens is 1. The molecule has 6 nitrogen and oxygen atoms in total. The molecule has 1 unspecified atom stereocenters. The van der Waals surface area contributed by atoms with E-state index < -0.39 is 0 Å². The molecule has 2 N–H and O–H groups in total. The van der Waals surface area contributed by atoms with Gasteiger partial charge in [-0.2, -0.15) is 15.0 Å². The maximum Gasteiger partial charge on any atom is 0.322 e. The van der Waals surface area contributed by atoms with Gasteiger partial charge in [-0.3, -0.25) is 0 Å². The van der Waals surface area contributed by atoms with Gasteiger partial charge in [0.1, 0.15) is 0 Å². The van der Waals surface area contributed by atoms with Gasteiger partial charge in [0, 0.05) is 19.6 Å². The summed E-state index contributed by atoms with van der Waals surface area (Å²) < 4.78 is 4.97. The molecular weight excluding hydrogens is 242 g/mol. The van der Waals surface area contributed by atoms with Gasteiger partial charge in [-0.1, -0.05) is 0 Å². The molecule has 0 saturated heterocycles. The smallest absolute Gasteiger partial charge is 0.322 e. The number of ether oxygens (including phenoxy) is 1. The lowest BCUT2D eigenvalue weighted by Crippen LogP contribution is -2.40. The van der Waals surface area contributed by atoms with Gasteiger partial charge in [-0.15, -0.1) is 0 Å². The second-order valence-corrected chi connectivity index (χ2v) is 4.48. The van der Waals surface area contributed by atoms with E-state index in [0.29, 0.717) is 18.4 Å². The van der Waals surface area contributed by atoms with E-state index in [1.54, 1.807) is 0 Å². The Balaban J connectivity index is 2.22. The van der Waals surface area contributed by atoms with E-state index in [1.165, 1.54) is 20.0 Å². The van der Waals surface area contributed by atoms with E-state index in [1.807, 2.05) is 11.9 Å². The van der Waals surface area contributed by atoms with Gasteiger partial charge in [0.25, 0.3) is 0 Å². The highest BCUT2D eigenvalue weighted by atomic mass is 35.5. The van der Waals surface area contributed by atoms with Crippen LogP contribution in [0.3, 0.4) is 0 Å². The van der Waals surface area contributed by atoms with Crippen molar-refractivity contribution >= 4 is 17.5 Å². The second-order valence-electron chi connectivity index (χ2n) is 4.14. The maximum atomic E-state index is 5.82. The summed E-state index contributed by atoms with van der Waals surface area (Å²) >= 11 is 5.82. The molecule has 1 heterocycles. The van der Waals surface area contributed by atoms with Gasteiger partial charge in [0.2, 0.25) is 11.2 Å². The fraction of sp³-hybridized carbons (Fsp3) is 0.700. The number of hydrogen-bond donors (Lipinski definition) is 1. The van der Waals surface area contributed by atoms with Crippen molar-refractivity contribution in [3.05, 3.63) is 5.28 Å². The molecule has 0 aliphatic heterocycles. The molecule has 0 aromatic carbocycles. The van der Waals surface area contributed by atoms with Crippen LogP contribution in [0, 0.1) is 5.92 Å². The normalized spacial score (nSPS) is 16.7. The molecule has 0 bridgehead atoms. The zero-order chi connectivity index (χ0) is 12.4. The van der Waals surface area contributed by atoms with E-state index in [2.05, 4.69) is 15.0 Å². The highest BCUT2D eigenvalue weighted by Gasteiger charge is 2.34. The highest BCUT2D eigenvalue weighted by Crippen LogP contribution is 2.35. The third-order valence-corrected chi connectivity index (χ3v) is 3.15. The summed E-state index contributed by atoms with van der Waals surface area (Å²) in [6.07, 6.45) is 2.42. The minimum Gasteiger partial charge on any atom is -0.467 e. The highest BCUT2D eigenvalue weighted by molar-refractivity contribution is 6.28. The van der Waals surface area contributed by atoms with Crippen LogP contribution >= 0.6 is 11.6 Å². The predicted molar refractivity (Wildman–Crippen MR) is 65.4 cm³/mol. The topological polar surface area (TPSA) is 77.2 Å². The molecule has 17 heavy (non-hydrogen) atoms. The first-order valence-electron chi connectivity index (χ1n) is 5.54. The van der Waals surface area contributed by atoms with Crippen LogP contribution in [-0.4, -0.2) is 41.7 Å². The first-order valence-corrected chi connectivity index (χ1v) is 5.92. The molecule has 1 aliphatic rings. The summed E-state index contributed by atoms with van der Waals surface area (Å²) in [5.41, 5.74) is 5.78. The van der Waals surface area contributed by atoms with Crippen LogP contribution in [0.15, 0.2) is 0 Å². The van der Waals surface area contributed by atoms with Crippen LogP contribution < -0.4 is 15.4 Å². The lowest BCUT2D eigenvalue weighted by atomic mass is 10.1. The molecule has 1 saturated carbocycles. The van der Waals surface area contributed by atoms with Gasteiger partial charge < -0.3 is 15.4 Å². The van der Waals surface area contributed by atoms with Gasteiger partial charge in [0.15, 0.2) is 0 Å². The van der Waals surface area contributed by atoms with Gasteiger partial charge in [0.05, 0.1) is 7.11 Å². The SMILES string of the molecule is COc1nc(Cl)nc(N(C)C(CN)C2CC2)n1. The van der Waals surface area contributed by atoms with Gasteiger partial charge in [-0.25, -0.2) is 0 Å². The van der Waals surface area contributed by atoms with Crippen molar-refractivity contribution in [2.75, 3.05) is 25.6 Å². The quantitative estimate of drug-likeness (QED) is 0.837. The zero-order valence-electron chi connectivity index (χ0n) is 9.93. The molecule has 1 aliphatic carbocycles. The number of likely N-dealkylation sites (N-methyl/N-ethyl adjacent to an activating group) is 1. The van der Waals surface area contributed by atoms with E-state index in [4.69, 9.17) is 22.1 Å². The third kappa shape index (κ3) is 2.76. The Labute approximate surface area is 105 Å². The Bertz CT molecular complexity index is 398. The molecule has 1 aromatic rings. The van der Waals surface area contributed by atoms with Gasteiger partial charge >= 0.3 is 6.01 Å². The van der Waals surface area contributed by atoms with Crippen molar-refractivity contribution in [3.63, 3.8) is 0 Å². The zero-order valence-corrected chi connectivity index (χ0v) is 10.7. The maximum absolute atomic E-state index is 5.82. The van der Waals surface area contributed by atoms with E-state index in [-0.39, 0.29) is 17.3 Å². The number of aromatic nitrogens is 3. The van der Waals surface area contributed by atoms with E-state index >= 15 is 0 Å². The summed E-state index contributed by atoms with van der Waals surface area (Å²) in [5, 5.41) is 0.130. The summed E-state index contributed by atoms with van der Waals surface area (Å²) in [4.78, 5) is 14.1. The van der Waals surface area contributed by atoms with Crippen LogP contribution in [0.5, 0.6) is 6.01 Å². The average molecular weight is 258 g/mol. The van der Waals surface area contributed by atoms with Crippen molar-refractivity contribution in [2.24, 2.45) is 11.7 Å². The Morgan fingerprint density at radius 1 is 1.47 bits per heavy atom. The van der Waals surface area contributed by atoms with Crippen molar-refractivity contribution in [2.45, 2.75) is 18.9 Å². The first-order chi connectivity index (χ1) is 8.15. The molecular formula is C10H16ClN5O. The standard InChI is InChI=1S/C10H16ClN5O/c1-16(7(5-12)6-3-4-6)9-13-8(11)14-10(15-9)17-2/h6-7H,3-5,12H2,1-2H3. The molecule has 1 atom stereocenters. The summed E-state index contributed by atoms with van der Waals surface area (Å²) in [6, 6.07) is 0.469. The van der Waals surface area contributed by atoms with E-state index in [0.717, 1.165) is 0 Å². The monoisotopic (exact) mass is 257 g/mol. The molecule has 1 fully saturated rings. The summed E-state index contributed by atoms with van der Waals surface area (Å²) in [7, 11) is 3.41. The van der Waals surface area contributed by atoms with Gasteiger partial charge in [-0.05, 0) is 30.4 Å². The molecule has 7 heteroatoms. The fourth-order valence-corrected chi connectivity index (χ4v) is 2.02. The fourth-order valence-electron chi connectivity index (χ4n) is 1.87. The number of methoxy groups -OCH3 is 1. The number of anilines is 1. The third-order valence-electron chi connectivity index (χ3n) is 2.98. The number of nitrogens with two attached hydrogens (primary N) is 1. The molecule has 94 valence electrons. The number of rotatable bonds is 5. The number of hydrogen-bond acceptors (Lipinski definition) is 6. The lowest BCUT2D eigenvalue weighted by molar-refractivity contribution is 0.377. The van der Waals surface area contributed by atoms with E-state index in [9.17, 15) is 0 Å². The Morgan fingerprint density at radius 3 is 2.71 bits per heavy atom. The lowest BCUT2D eigenvalue weighted by Gasteiger charge is -2.26. The minimum absolute atomic E-state index is 0.130. The van der Waals surface area contributed by atoms with Crippen LogP contribution in [0.25, 0.3) is 0 Å². The molecule has 0 amide bonds. The predicted octanol–water partition coefficient (Wildman–Crippen LogP) is 0.707. The Hall–Kier alpha value is -1.14. The Kier molecular flexibility index (Phi) is 3.63.